The van der Waals surface area contributed by atoms with Crippen molar-refractivity contribution in [3.8, 4) is 0 Å². The van der Waals surface area contributed by atoms with Crippen LogP contribution in [0.15, 0.2) is 0 Å². The molecule has 0 aromatic heterocycles. The van der Waals surface area contributed by atoms with Crippen molar-refractivity contribution >= 4 is 37.4 Å². The van der Waals surface area contributed by atoms with Crippen LogP contribution in [0.5, 0.6) is 0 Å². The summed E-state index contributed by atoms with van der Waals surface area (Å²) in [5, 5.41) is 0. The summed E-state index contributed by atoms with van der Waals surface area (Å²) in [6.45, 7) is 0. The third-order valence-corrected chi connectivity index (χ3v) is 0. The molecule has 7 heteroatoms. The van der Waals surface area contributed by atoms with E-state index in [0.29, 0.717) is 0 Å². The monoisotopic (exact) mass is 194 g/mol. The summed E-state index contributed by atoms with van der Waals surface area (Å²) in [4.78, 5) is 21.6. The maximum absolute atomic E-state index is 8.88. The van der Waals surface area contributed by atoms with Crippen LogP contribution < -0.4 is 0 Å². The van der Waals surface area contributed by atoms with Gasteiger partial charge in [-0.3, -0.25) is 0 Å². The summed E-state index contributed by atoms with van der Waals surface area (Å²) in [6.07, 6.45) is 0. The van der Waals surface area contributed by atoms with Gasteiger partial charge in [0.25, 0.3) is 0 Å². The van der Waals surface area contributed by atoms with Gasteiger partial charge in [-0.15, -0.1) is 0 Å². The van der Waals surface area contributed by atoms with E-state index in [-0.39, 0.29) is 54.1 Å². The molecule has 0 aliphatic rings. The first-order chi connectivity index (χ1) is 2.00. The van der Waals surface area contributed by atoms with E-state index in [1.165, 1.54) is 0 Å². The van der Waals surface area contributed by atoms with Crippen LogP contribution in [0, 0.1) is 0 Å². The Bertz CT molecular complexity index is 62.2. The van der Waals surface area contributed by atoms with Gasteiger partial charge in [0, 0.05) is 17.1 Å². The number of hydrogen-bond acceptors (Lipinski definition) is 1. The van der Waals surface area contributed by atoms with Gasteiger partial charge in [0.1, 0.15) is 0 Å². The summed E-state index contributed by atoms with van der Waals surface area (Å²) in [6, 6.07) is 0. The maximum atomic E-state index is 8.88. The molecule has 50 valence electrons. The Morgan fingerprint density at radius 1 is 1.12 bits per heavy atom. The molecule has 0 radical (unpaired) electrons. The van der Waals surface area contributed by atoms with Crippen molar-refractivity contribution in [2.75, 3.05) is 0 Å². The van der Waals surface area contributed by atoms with Gasteiger partial charge in [-0.1, -0.05) is 7.43 Å². The minimum absolute atomic E-state index is 0. The summed E-state index contributed by atoms with van der Waals surface area (Å²) < 4.78 is 8.88. The van der Waals surface area contributed by atoms with Crippen molar-refractivity contribution in [3.05, 3.63) is 0 Å². The van der Waals surface area contributed by atoms with E-state index in [1.807, 2.05) is 0 Å². The van der Waals surface area contributed by atoms with Crippen molar-refractivity contribution < 1.29 is 36.3 Å². The normalized spacial score (nSPS) is 7.38. The molecule has 0 amide bonds. The van der Waals surface area contributed by atoms with E-state index < -0.39 is 7.82 Å². The topological polar surface area (TPSA) is 77.8 Å². The number of hydrogen-bond donors (Lipinski definition) is 3. The van der Waals surface area contributed by atoms with E-state index in [1.54, 1.807) is 0 Å². The molecule has 0 aromatic carbocycles. The third-order valence-electron chi connectivity index (χ3n) is 0. The van der Waals surface area contributed by atoms with Crippen molar-refractivity contribution in [2.45, 2.75) is 7.43 Å². The van der Waals surface area contributed by atoms with E-state index >= 15 is 0 Å². The van der Waals surface area contributed by atoms with Gasteiger partial charge in [-0.05, 0) is 0 Å². The zero-order chi connectivity index (χ0) is 4.50. The Labute approximate surface area is 80.7 Å². The van der Waals surface area contributed by atoms with Crippen molar-refractivity contribution in [1.82, 2.24) is 0 Å². The standard InChI is InChI=1S/CH4.Fe.Na.H3O4P.H/c;;;1-5(2,3)4;/h1H4;;;(H3,1,2,3,4);. The molecular weight excluding hydrogens is 186 g/mol. The Kier molecular flexibility index (Phi) is 24.4. The molecule has 0 unspecified atom stereocenters. The van der Waals surface area contributed by atoms with Crippen LogP contribution in [-0.4, -0.2) is 44.2 Å². The van der Waals surface area contributed by atoms with Gasteiger partial charge in [-0.25, -0.2) is 4.57 Å². The molecule has 0 aliphatic carbocycles. The van der Waals surface area contributed by atoms with Crippen LogP contribution in [0.2, 0.25) is 0 Å². The molecule has 0 spiro atoms. The zero-order valence-corrected chi connectivity index (χ0v) is 4.55. The second kappa shape index (κ2) is 8.63. The fourth-order valence-electron chi connectivity index (χ4n) is 0. The first-order valence-electron chi connectivity index (χ1n) is 0.783. The Morgan fingerprint density at radius 3 is 1.12 bits per heavy atom. The van der Waals surface area contributed by atoms with Crippen LogP contribution in [0.3, 0.4) is 0 Å². The fraction of sp³-hybridized carbons (Fsp3) is 1.00. The Balaban J connectivity index is -0.0000000267. The molecule has 0 rings (SSSR count). The van der Waals surface area contributed by atoms with Crippen LogP contribution in [0.25, 0.3) is 0 Å². The van der Waals surface area contributed by atoms with Crippen molar-refractivity contribution in [3.63, 3.8) is 0 Å². The van der Waals surface area contributed by atoms with Gasteiger partial charge in [0.05, 0.1) is 0 Å². The van der Waals surface area contributed by atoms with Gasteiger partial charge in [0.2, 0.25) is 0 Å². The molecule has 0 heterocycles. The summed E-state index contributed by atoms with van der Waals surface area (Å²) >= 11 is 0. The SMILES string of the molecule is C.O=P(O)(O)O.[Fe].[NaH]. The quantitative estimate of drug-likeness (QED) is 0.343. The summed E-state index contributed by atoms with van der Waals surface area (Å²) in [5.74, 6) is 0. The predicted molar refractivity (Wildman–Crippen MR) is 28.1 cm³/mol. The average Bonchev–Trinajstić information content (AvgIpc) is 0.722. The molecule has 0 saturated carbocycles. The molecule has 0 bridgehead atoms. The van der Waals surface area contributed by atoms with Crippen LogP contribution >= 0.6 is 7.82 Å². The van der Waals surface area contributed by atoms with Gasteiger partial charge >= 0.3 is 37.4 Å². The fourth-order valence-corrected chi connectivity index (χ4v) is 0. The molecule has 3 N–H and O–H groups in total. The van der Waals surface area contributed by atoms with E-state index in [2.05, 4.69) is 0 Å². The molecule has 8 heavy (non-hydrogen) atoms. The first kappa shape index (κ1) is 22.6. The predicted octanol–water partition coefficient (Wildman–Crippen LogP) is -0.944. The van der Waals surface area contributed by atoms with Gasteiger partial charge in [-0.2, -0.15) is 0 Å². The van der Waals surface area contributed by atoms with Crippen LogP contribution in [0.4, 0.5) is 0 Å². The summed E-state index contributed by atoms with van der Waals surface area (Å²) in [5.41, 5.74) is 0. The first-order valence-corrected chi connectivity index (χ1v) is 2.35. The second-order valence-corrected chi connectivity index (χ2v) is 1.54. The van der Waals surface area contributed by atoms with E-state index in [4.69, 9.17) is 19.2 Å². The molecule has 0 atom stereocenters. The molecular formula is CH8FeNaO4P. The second-order valence-electron chi connectivity index (χ2n) is 0.513. The third kappa shape index (κ3) is 126. The molecule has 0 fully saturated rings. The average molecular weight is 194 g/mol. The zero-order valence-electron chi connectivity index (χ0n) is 2.55. The Morgan fingerprint density at radius 2 is 1.12 bits per heavy atom. The van der Waals surface area contributed by atoms with E-state index in [0.717, 1.165) is 0 Å². The Hall–Kier alpha value is 1.63. The van der Waals surface area contributed by atoms with Crippen molar-refractivity contribution in [2.24, 2.45) is 0 Å². The van der Waals surface area contributed by atoms with Crippen molar-refractivity contribution in [1.29, 1.82) is 0 Å². The van der Waals surface area contributed by atoms with Crippen LogP contribution in [0.1, 0.15) is 7.43 Å². The van der Waals surface area contributed by atoms with Crippen LogP contribution in [-0.2, 0) is 21.6 Å². The molecule has 0 saturated heterocycles. The molecule has 4 nitrogen and oxygen atoms in total. The molecule has 0 aromatic rings. The van der Waals surface area contributed by atoms with E-state index in [9.17, 15) is 0 Å². The number of phosphoric acid groups is 1. The number of rotatable bonds is 0. The summed E-state index contributed by atoms with van der Waals surface area (Å²) in [7, 11) is -4.64. The van der Waals surface area contributed by atoms with Gasteiger partial charge < -0.3 is 14.7 Å². The minimum atomic E-state index is -4.64. The van der Waals surface area contributed by atoms with Gasteiger partial charge in [0.15, 0.2) is 0 Å². The molecule has 0 aliphatic heterocycles.